The molecule has 0 atom stereocenters. The molecule has 1 aromatic carbocycles. The van der Waals surface area contributed by atoms with Crippen LogP contribution in [0.1, 0.15) is 0 Å². The Morgan fingerprint density at radius 1 is 1.19 bits per heavy atom. The summed E-state index contributed by atoms with van der Waals surface area (Å²) in [6, 6.07) is 10.6. The van der Waals surface area contributed by atoms with Crippen LogP contribution in [0.2, 0.25) is 0 Å². The summed E-state index contributed by atoms with van der Waals surface area (Å²) in [6.07, 6.45) is 2.20. The second kappa shape index (κ2) is 4.44. The van der Waals surface area contributed by atoms with Crippen LogP contribution in [0, 0.1) is 0 Å². The molecular formula is C12H10N2O2. The second-order valence-corrected chi connectivity index (χ2v) is 3.25. The fourth-order valence-corrected chi connectivity index (χ4v) is 1.54. The van der Waals surface area contributed by atoms with Gasteiger partial charge in [-0.05, 0) is 17.7 Å². The van der Waals surface area contributed by atoms with Gasteiger partial charge < -0.3 is 10.3 Å². The Hall–Kier alpha value is -2.36. The minimum Gasteiger partial charge on any atom is -0.329 e. The Kier molecular flexibility index (Phi) is 2.82. The molecule has 0 aliphatic heterocycles. The Morgan fingerprint density at radius 2 is 2.00 bits per heavy atom. The van der Waals surface area contributed by atoms with Crippen LogP contribution in [-0.4, -0.2) is 11.4 Å². The second-order valence-electron chi connectivity index (χ2n) is 3.25. The fraction of sp³-hybridized carbons (Fsp3) is 0. The largest absolute Gasteiger partial charge is 0.329 e. The molecule has 4 nitrogen and oxygen atoms in total. The molecule has 4 heteroatoms. The summed E-state index contributed by atoms with van der Waals surface area (Å²) in [6.45, 7) is 0. The highest BCUT2D eigenvalue weighted by molar-refractivity contribution is 5.84. The number of carbonyl (C=O) groups is 1. The Balaban J connectivity index is 2.55. The number of hydrogen-bond donors (Lipinski definition) is 2. The monoisotopic (exact) mass is 214 g/mol. The molecule has 16 heavy (non-hydrogen) atoms. The zero-order valence-corrected chi connectivity index (χ0v) is 8.44. The van der Waals surface area contributed by atoms with Crippen LogP contribution in [0.3, 0.4) is 0 Å². The van der Waals surface area contributed by atoms with Crippen LogP contribution in [0.5, 0.6) is 0 Å². The third-order valence-corrected chi connectivity index (χ3v) is 2.23. The van der Waals surface area contributed by atoms with E-state index in [0.717, 1.165) is 11.1 Å². The first-order chi connectivity index (χ1) is 7.81. The first kappa shape index (κ1) is 10.2. The average molecular weight is 214 g/mol. The Labute approximate surface area is 91.9 Å². The summed E-state index contributed by atoms with van der Waals surface area (Å²) >= 11 is 0. The smallest absolute Gasteiger partial charge is 0.248 e. The van der Waals surface area contributed by atoms with Gasteiger partial charge in [0.2, 0.25) is 12.0 Å². The molecule has 0 fully saturated rings. The number of aromatic nitrogens is 1. The molecule has 2 N–H and O–H groups in total. The lowest BCUT2D eigenvalue weighted by atomic mass is 10.1. The van der Waals surface area contributed by atoms with Gasteiger partial charge in [0.25, 0.3) is 0 Å². The van der Waals surface area contributed by atoms with Gasteiger partial charge in [-0.1, -0.05) is 18.2 Å². The number of amides is 1. The maximum atomic E-state index is 11.2. The number of benzene rings is 1. The van der Waals surface area contributed by atoms with Crippen molar-refractivity contribution in [2.24, 2.45) is 0 Å². The quantitative estimate of drug-likeness (QED) is 0.762. The summed E-state index contributed by atoms with van der Waals surface area (Å²) in [4.78, 5) is 24.2. The lowest BCUT2D eigenvalue weighted by Crippen LogP contribution is -2.03. The van der Waals surface area contributed by atoms with E-state index in [4.69, 9.17) is 0 Å². The van der Waals surface area contributed by atoms with Crippen LogP contribution in [0.25, 0.3) is 11.1 Å². The highest BCUT2D eigenvalue weighted by atomic mass is 16.1. The lowest BCUT2D eigenvalue weighted by Gasteiger charge is -2.07. The summed E-state index contributed by atoms with van der Waals surface area (Å²) < 4.78 is 0. The molecule has 0 aliphatic rings. The van der Waals surface area contributed by atoms with Gasteiger partial charge in [-0.3, -0.25) is 9.59 Å². The summed E-state index contributed by atoms with van der Waals surface area (Å²) in [5.74, 6) is 0. The number of carbonyl (C=O) groups excluding carboxylic acids is 1. The maximum absolute atomic E-state index is 11.2. The molecule has 0 radical (unpaired) electrons. The van der Waals surface area contributed by atoms with Crippen LogP contribution >= 0.6 is 0 Å². The Morgan fingerprint density at radius 3 is 2.75 bits per heavy atom. The number of hydrogen-bond acceptors (Lipinski definition) is 2. The van der Waals surface area contributed by atoms with Crippen LogP contribution in [0.15, 0.2) is 47.4 Å². The topological polar surface area (TPSA) is 62.0 Å². The fourth-order valence-electron chi connectivity index (χ4n) is 1.54. The van der Waals surface area contributed by atoms with Crippen molar-refractivity contribution in [1.82, 2.24) is 4.98 Å². The van der Waals surface area contributed by atoms with Crippen molar-refractivity contribution in [2.45, 2.75) is 0 Å². The SMILES string of the molecule is O=CNc1ccccc1-c1cc[nH]c(=O)c1. The number of anilines is 1. The van der Waals surface area contributed by atoms with Gasteiger partial charge >= 0.3 is 0 Å². The number of H-pyrrole nitrogens is 1. The molecule has 1 amide bonds. The van der Waals surface area contributed by atoms with E-state index in [-0.39, 0.29) is 5.56 Å². The van der Waals surface area contributed by atoms with Gasteiger partial charge in [0.05, 0.1) is 0 Å². The molecule has 1 aromatic heterocycles. The highest BCUT2D eigenvalue weighted by Crippen LogP contribution is 2.25. The van der Waals surface area contributed by atoms with E-state index >= 15 is 0 Å². The van der Waals surface area contributed by atoms with Crippen molar-refractivity contribution in [1.29, 1.82) is 0 Å². The molecular weight excluding hydrogens is 204 g/mol. The van der Waals surface area contributed by atoms with Crippen molar-refractivity contribution < 1.29 is 4.79 Å². The van der Waals surface area contributed by atoms with Crippen molar-refractivity contribution in [3.63, 3.8) is 0 Å². The minimum atomic E-state index is -0.168. The van der Waals surface area contributed by atoms with Crippen molar-refractivity contribution in [2.75, 3.05) is 5.32 Å². The summed E-state index contributed by atoms with van der Waals surface area (Å²) in [7, 11) is 0. The molecule has 0 saturated heterocycles. The van der Waals surface area contributed by atoms with E-state index in [2.05, 4.69) is 10.3 Å². The average Bonchev–Trinajstić information content (AvgIpc) is 2.30. The van der Waals surface area contributed by atoms with E-state index in [9.17, 15) is 9.59 Å². The summed E-state index contributed by atoms with van der Waals surface area (Å²) in [5.41, 5.74) is 2.11. The van der Waals surface area contributed by atoms with E-state index in [1.807, 2.05) is 18.2 Å². The van der Waals surface area contributed by atoms with Crippen molar-refractivity contribution in [3.05, 3.63) is 52.9 Å². The van der Waals surface area contributed by atoms with Crippen LogP contribution in [-0.2, 0) is 4.79 Å². The van der Waals surface area contributed by atoms with Gasteiger partial charge in [-0.2, -0.15) is 0 Å². The molecule has 2 aromatic rings. The predicted molar refractivity (Wildman–Crippen MR) is 62.2 cm³/mol. The Bertz CT molecular complexity index is 561. The zero-order chi connectivity index (χ0) is 11.4. The van der Waals surface area contributed by atoms with Gasteiger partial charge in [0.1, 0.15) is 0 Å². The molecule has 0 unspecified atom stereocenters. The normalized spacial score (nSPS) is 9.75. The highest BCUT2D eigenvalue weighted by Gasteiger charge is 2.03. The van der Waals surface area contributed by atoms with E-state index in [0.29, 0.717) is 12.1 Å². The van der Waals surface area contributed by atoms with E-state index < -0.39 is 0 Å². The molecule has 0 bridgehead atoms. The third-order valence-electron chi connectivity index (χ3n) is 2.23. The number of para-hydroxylation sites is 1. The standard InChI is InChI=1S/C12H10N2O2/c15-8-14-11-4-2-1-3-10(11)9-5-6-13-12(16)7-9/h1-8H,(H,13,16)(H,14,15). The zero-order valence-electron chi connectivity index (χ0n) is 8.44. The number of pyridine rings is 1. The molecule has 0 spiro atoms. The maximum Gasteiger partial charge on any atom is 0.248 e. The van der Waals surface area contributed by atoms with Crippen molar-refractivity contribution in [3.8, 4) is 11.1 Å². The van der Waals surface area contributed by atoms with Gasteiger partial charge in [-0.15, -0.1) is 0 Å². The predicted octanol–water partition coefficient (Wildman–Crippen LogP) is 1.61. The van der Waals surface area contributed by atoms with Crippen LogP contribution in [0.4, 0.5) is 5.69 Å². The minimum absolute atomic E-state index is 0.168. The van der Waals surface area contributed by atoms with Crippen molar-refractivity contribution >= 4 is 12.1 Å². The number of rotatable bonds is 3. The third kappa shape index (κ3) is 2.00. The molecule has 0 aliphatic carbocycles. The van der Waals surface area contributed by atoms with Gasteiger partial charge in [-0.25, -0.2) is 0 Å². The molecule has 80 valence electrons. The lowest BCUT2D eigenvalue weighted by molar-refractivity contribution is -0.105. The van der Waals surface area contributed by atoms with E-state index in [1.165, 1.54) is 6.07 Å². The first-order valence-corrected chi connectivity index (χ1v) is 4.79. The van der Waals surface area contributed by atoms with E-state index in [1.54, 1.807) is 18.3 Å². The van der Waals surface area contributed by atoms with Crippen LogP contribution < -0.4 is 10.9 Å². The molecule has 1 heterocycles. The summed E-state index contributed by atoms with van der Waals surface area (Å²) in [5, 5.41) is 2.60. The number of nitrogens with one attached hydrogen (secondary N) is 2. The van der Waals surface area contributed by atoms with Gasteiger partial charge in [0.15, 0.2) is 0 Å². The molecule has 0 saturated carbocycles. The number of aromatic amines is 1. The van der Waals surface area contributed by atoms with Gasteiger partial charge in [0, 0.05) is 23.5 Å². The first-order valence-electron chi connectivity index (χ1n) is 4.79. The molecule has 2 rings (SSSR count).